The predicted molar refractivity (Wildman–Crippen MR) is 58.4 cm³/mol. The molecule has 0 aromatic rings. The number of amides is 1. The molecule has 0 rings (SSSR count). The maximum absolute atomic E-state index is 11.4. The van der Waals surface area contributed by atoms with Crippen LogP contribution in [-0.4, -0.2) is 42.9 Å². The third kappa shape index (κ3) is 8.35. The molecule has 0 heterocycles. The highest BCUT2D eigenvalue weighted by molar-refractivity contribution is 5.76. The van der Waals surface area contributed by atoms with Crippen molar-refractivity contribution in [3.8, 4) is 0 Å². The molecular weight excluding hydrogens is 196 g/mol. The molecule has 1 atom stereocenters. The van der Waals surface area contributed by atoms with E-state index in [1.807, 2.05) is 13.8 Å². The predicted octanol–water partition coefficient (Wildman–Crippen LogP) is -0.373. The fourth-order valence-electron chi connectivity index (χ4n) is 1.08. The maximum atomic E-state index is 11.4. The van der Waals surface area contributed by atoms with Gasteiger partial charge in [0.05, 0.1) is 19.3 Å². The summed E-state index contributed by atoms with van der Waals surface area (Å²) in [7, 11) is 1.53. The van der Waals surface area contributed by atoms with Crippen molar-refractivity contribution in [1.29, 1.82) is 0 Å². The standard InChI is InChI=1S/C10H22N2O3/c1-10(2,11)5-4-9(14)12-8(6-13)7-15-3/h8,13H,4-7,11H2,1-3H3,(H,12,14). The Balaban J connectivity index is 3.81. The third-order valence-electron chi connectivity index (χ3n) is 1.95. The summed E-state index contributed by atoms with van der Waals surface area (Å²) in [6.07, 6.45) is 0.980. The topological polar surface area (TPSA) is 84.6 Å². The Morgan fingerprint density at radius 1 is 1.60 bits per heavy atom. The summed E-state index contributed by atoms with van der Waals surface area (Å²) in [5.41, 5.74) is 5.41. The van der Waals surface area contributed by atoms with E-state index in [1.54, 1.807) is 0 Å². The van der Waals surface area contributed by atoms with Crippen molar-refractivity contribution >= 4 is 5.91 Å². The average molecular weight is 218 g/mol. The number of aliphatic hydroxyl groups excluding tert-OH is 1. The van der Waals surface area contributed by atoms with Gasteiger partial charge in [0.2, 0.25) is 5.91 Å². The van der Waals surface area contributed by atoms with E-state index in [-0.39, 0.29) is 24.1 Å². The van der Waals surface area contributed by atoms with Gasteiger partial charge in [0.1, 0.15) is 0 Å². The minimum absolute atomic E-state index is 0.107. The van der Waals surface area contributed by atoms with Crippen molar-refractivity contribution in [3.63, 3.8) is 0 Å². The number of aliphatic hydroxyl groups is 1. The number of ether oxygens (including phenoxy) is 1. The molecule has 0 saturated carbocycles. The number of methoxy groups -OCH3 is 1. The van der Waals surface area contributed by atoms with Crippen LogP contribution in [0, 0.1) is 0 Å². The first-order chi connectivity index (χ1) is 6.89. The second kappa shape index (κ2) is 6.76. The Labute approximate surface area is 91.0 Å². The molecule has 0 saturated heterocycles. The van der Waals surface area contributed by atoms with E-state index in [4.69, 9.17) is 15.6 Å². The first-order valence-electron chi connectivity index (χ1n) is 5.07. The Kier molecular flexibility index (Phi) is 6.47. The molecule has 0 aromatic heterocycles. The Morgan fingerprint density at radius 3 is 2.60 bits per heavy atom. The van der Waals surface area contributed by atoms with E-state index in [9.17, 15) is 4.79 Å². The molecule has 0 aromatic carbocycles. The third-order valence-corrected chi connectivity index (χ3v) is 1.95. The Bertz CT molecular complexity index is 190. The number of rotatable bonds is 7. The molecule has 5 nitrogen and oxygen atoms in total. The fraction of sp³-hybridized carbons (Fsp3) is 0.900. The lowest BCUT2D eigenvalue weighted by atomic mass is 10.00. The van der Waals surface area contributed by atoms with Gasteiger partial charge in [-0.2, -0.15) is 0 Å². The van der Waals surface area contributed by atoms with Gasteiger partial charge < -0.3 is 20.9 Å². The smallest absolute Gasteiger partial charge is 0.220 e. The zero-order chi connectivity index (χ0) is 11.9. The monoisotopic (exact) mass is 218 g/mol. The molecule has 5 heteroatoms. The molecule has 4 N–H and O–H groups in total. The zero-order valence-corrected chi connectivity index (χ0v) is 9.75. The van der Waals surface area contributed by atoms with E-state index in [0.717, 1.165) is 0 Å². The Hall–Kier alpha value is -0.650. The number of hydrogen-bond donors (Lipinski definition) is 3. The fourth-order valence-corrected chi connectivity index (χ4v) is 1.08. The molecular formula is C10H22N2O3. The average Bonchev–Trinajstić information content (AvgIpc) is 2.13. The maximum Gasteiger partial charge on any atom is 0.220 e. The first kappa shape index (κ1) is 14.3. The summed E-state index contributed by atoms with van der Waals surface area (Å²) in [6.45, 7) is 3.94. The van der Waals surface area contributed by atoms with E-state index >= 15 is 0 Å². The van der Waals surface area contributed by atoms with Gasteiger partial charge in [-0.05, 0) is 20.3 Å². The summed E-state index contributed by atoms with van der Waals surface area (Å²) >= 11 is 0. The molecule has 1 unspecified atom stereocenters. The molecule has 15 heavy (non-hydrogen) atoms. The minimum Gasteiger partial charge on any atom is -0.394 e. The van der Waals surface area contributed by atoms with E-state index in [1.165, 1.54) is 7.11 Å². The van der Waals surface area contributed by atoms with Crippen LogP contribution in [0.25, 0.3) is 0 Å². The van der Waals surface area contributed by atoms with Crippen LogP contribution in [0.2, 0.25) is 0 Å². The van der Waals surface area contributed by atoms with Crippen molar-refractivity contribution < 1.29 is 14.6 Å². The molecule has 0 spiro atoms. The molecule has 1 amide bonds. The summed E-state index contributed by atoms with van der Waals surface area (Å²) in [6, 6.07) is -0.330. The van der Waals surface area contributed by atoms with E-state index < -0.39 is 0 Å². The van der Waals surface area contributed by atoms with Crippen LogP contribution in [0.1, 0.15) is 26.7 Å². The highest BCUT2D eigenvalue weighted by Crippen LogP contribution is 2.06. The molecule has 0 aliphatic heterocycles. The summed E-state index contributed by atoms with van der Waals surface area (Å²) in [5, 5.41) is 11.6. The SMILES string of the molecule is COCC(CO)NC(=O)CCC(C)(C)N. The van der Waals surface area contributed by atoms with Crippen molar-refractivity contribution in [2.75, 3.05) is 20.3 Å². The van der Waals surface area contributed by atoms with Gasteiger partial charge in [-0.15, -0.1) is 0 Å². The molecule has 90 valence electrons. The lowest BCUT2D eigenvalue weighted by Gasteiger charge is -2.19. The largest absolute Gasteiger partial charge is 0.394 e. The van der Waals surface area contributed by atoms with Crippen LogP contribution in [0.5, 0.6) is 0 Å². The van der Waals surface area contributed by atoms with Gasteiger partial charge in [-0.25, -0.2) is 0 Å². The minimum atomic E-state index is -0.340. The molecule has 0 fully saturated rings. The molecule has 0 aliphatic carbocycles. The van der Waals surface area contributed by atoms with Crippen LogP contribution in [0.4, 0.5) is 0 Å². The van der Waals surface area contributed by atoms with Gasteiger partial charge in [0.15, 0.2) is 0 Å². The summed E-state index contributed by atoms with van der Waals surface area (Å²) < 4.78 is 4.84. The van der Waals surface area contributed by atoms with Crippen molar-refractivity contribution in [3.05, 3.63) is 0 Å². The van der Waals surface area contributed by atoms with E-state index in [0.29, 0.717) is 19.4 Å². The van der Waals surface area contributed by atoms with Gasteiger partial charge >= 0.3 is 0 Å². The van der Waals surface area contributed by atoms with Crippen molar-refractivity contribution in [1.82, 2.24) is 5.32 Å². The quantitative estimate of drug-likeness (QED) is 0.544. The summed E-state index contributed by atoms with van der Waals surface area (Å²) in [5.74, 6) is -0.107. The van der Waals surface area contributed by atoms with E-state index in [2.05, 4.69) is 5.32 Å². The summed E-state index contributed by atoms with van der Waals surface area (Å²) in [4.78, 5) is 11.4. The molecule has 0 bridgehead atoms. The van der Waals surface area contributed by atoms with Gasteiger partial charge in [-0.1, -0.05) is 0 Å². The van der Waals surface area contributed by atoms with Crippen molar-refractivity contribution in [2.24, 2.45) is 5.73 Å². The first-order valence-corrected chi connectivity index (χ1v) is 5.07. The number of nitrogens with one attached hydrogen (secondary N) is 1. The van der Waals surface area contributed by atoms with Crippen LogP contribution in [-0.2, 0) is 9.53 Å². The molecule has 0 aliphatic rings. The zero-order valence-electron chi connectivity index (χ0n) is 9.75. The number of carbonyl (C=O) groups is 1. The number of hydrogen-bond acceptors (Lipinski definition) is 4. The Morgan fingerprint density at radius 2 is 2.20 bits per heavy atom. The lowest BCUT2D eigenvalue weighted by molar-refractivity contribution is -0.122. The number of nitrogens with two attached hydrogens (primary N) is 1. The lowest BCUT2D eigenvalue weighted by Crippen LogP contribution is -2.42. The van der Waals surface area contributed by atoms with Crippen LogP contribution in [0.3, 0.4) is 0 Å². The normalized spacial score (nSPS) is 13.7. The highest BCUT2D eigenvalue weighted by Gasteiger charge is 2.15. The highest BCUT2D eigenvalue weighted by atomic mass is 16.5. The van der Waals surface area contributed by atoms with Crippen LogP contribution >= 0.6 is 0 Å². The van der Waals surface area contributed by atoms with Gasteiger partial charge in [0.25, 0.3) is 0 Å². The van der Waals surface area contributed by atoms with Crippen molar-refractivity contribution in [2.45, 2.75) is 38.3 Å². The van der Waals surface area contributed by atoms with Gasteiger partial charge in [-0.3, -0.25) is 4.79 Å². The second-order valence-corrected chi connectivity index (χ2v) is 4.39. The van der Waals surface area contributed by atoms with Crippen LogP contribution in [0.15, 0.2) is 0 Å². The second-order valence-electron chi connectivity index (χ2n) is 4.39. The number of carbonyl (C=O) groups excluding carboxylic acids is 1. The molecule has 0 radical (unpaired) electrons. The van der Waals surface area contributed by atoms with Gasteiger partial charge in [0, 0.05) is 19.1 Å². The van der Waals surface area contributed by atoms with Crippen LogP contribution < -0.4 is 11.1 Å².